The van der Waals surface area contributed by atoms with Crippen LogP contribution in [0.1, 0.15) is 26.2 Å². The van der Waals surface area contributed by atoms with E-state index in [1.165, 1.54) is 6.92 Å². The molecule has 1 heterocycles. The highest BCUT2D eigenvalue weighted by molar-refractivity contribution is 5.84. The fraction of sp³-hybridized carbons (Fsp3) is 0.909. The minimum absolute atomic E-state index is 0.408. The molecule has 106 valence electrons. The van der Waals surface area contributed by atoms with E-state index in [-0.39, 0.29) is 0 Å². The van der Waals surface area contributed by atoms with Crippen LogP contribution in [-0.4, -0.2) is 48.8 Å². The second-order valence-corrected chi connectivity index (χ2v) is 4.66. The van der Waals surface area contributed by atoms with Crippen molar-refractivity contribution in [1.29, 1.82) is 0 Å². The lowest BCUT2D eigenvalue weighted by Crippen LogP contribution is -2.51. The first-order chi connectivity index (χ1) is 8.34. The van der Waals surface area contributed by atoms with Crippen molar-refractivity contribution in [2.75, 3.05) is 19.6 Å². The summed E-state index contributed by atoms with van der Waals surface area (Å²) in [7, 11) is 0. The standard InChI is InChI=1S/C11H18F4N2O/c1-8(7-17-5-3-2-4-6-17)16-10(18)11(14,15)9(12)13/h8-9H,2-7H2,1H3,(H,16,18). The molecule has 0 radical (unpaired) electrons. The minimum Gasteiger partial charge on any atom is -0.347 e. The van der Waals surface area contributed by atoms with Gasteiger partial charge in [-0.1, -0.05) is 6.42 Å². The highest BCUT2D eigenvalue weighted by atomic mass is 19.3. The number of carbonyl (C=O) groups excluding carboxylic acids is 1. The van der Waals surface area contributed by atoms with E-state index in [1.807, 2.05) is 10.2 Å². The van der Waals surface area contributed by atoms with Crippen LogP contribution in [0.4, 0.5) is 17.6 Å². The van der Waals surface area contributed by atoms with Crippen molar-refractivity contribution in [2.24, 2.45) is 0 Å². The zero-order chi connectivity index (χ0) is 13.8. The molecule has 0 aromatic carbocycles. The van der Waals surface area contributed by atoms with Crippen LogP contribution in [0.2, 0.25) is 0 Å². The Hall–Kier alpha value is -0.850. The third kappa shape index (κ3) is 4.12. The van der Waals surface area contributed by atoms with E-state index in [0.717, 1.165) is 32.4 Å². The van der Waals surface area contributed by atoms with Crippen LogP contribution < -0.4 is 5.32 Å². The van der Waals surface area contributed by atoms with Gasteiger partial charge in [0.05, 0.1) is 0 Å². The summed E-state index contributed by atoms with van der Waals surface area (Å²) in [6.45, 7) is 3.65. The maximum atomic E-state index is 12.7. The number of likely N-dealkylation sites (tertiary alicyclic amines) is 1. The molecule has 3 nitrogen and oxygen atoms in total. The Kier molecular flexibility index (Phi) is 5.37. The monoisotopic (exact) mass is 270 g/mol. The molecular weight excluding hydrogens is 252 g/mol. The Balaban J connectivity index is 2.39. The Bertz CT molecular complexity index is 280. The van der Waals surface area contributed by atoms with Crippen molar-refractivity contribution in [2.45, 2.75) is 44.6 Å². The van der Waals surface area contributed by atoms with Gasteiger partial charge in [-0.2, -0.15) is 8.78 Å². The Morgan fingerprint density at radius 3 is 2.33 bits per heavy atom. The van der Waals surface area contributed by atoms with E-state index in [0.29, 0.717) is 6.54 Å². The molecule has 1 amide bonds. The lowest BCUT2D eigenvalue weighted by Gasteiger charge is -2.29. The molecule has 1 saturated heterocycles. The van der Waals surface area contributed by atoms with Gasteiger partial charge in [0.1, 0.15) is 0 Å². The van der Waals surface area contributed by atoms with Crippen LogP contribution in [-0.2, 0) is 4.79 Å². The number of carbonyl (C=O) groups is 1. The molecule has 0 bridgehead atoms. The highest BCUT2D eigenvalue weighted by Crippen LogP contribution is 2.23. The van der Waals surface area contributed by atoms with Gasteiger partial charge in [0.15, 0.2) is 0 Å². The number of hydrogen-bond donors (Lipinski definition) is 1. The van der Waals surface area contributed by atoms with Gasteiger partial charge in [-0.05, 0) is 32.9 Å². The van der Waals surface area contributed by atoms with Crippen molar-refractivity contribution in [3.8, 4) is 0 Å². The largest absolute Gasteiger partial charge is 0.383 e. The summed E-state index contributed by atoms with van der Waals surface area (Å²) in [5.74, 6) is -6.52. The molecule has 1 atom stereocenters. The van der Waals surface area contributed by atoms with Crippen LogP contribution in [0.25, 0.3) is 0 Å². The minimum atomic E-state index is -4.61. The maximum absolute atomic E-state index is 12.7. The summed E-state index contributed by atoms with van der Waals surface area (Å²) in [5, 5.41) is 1.94. The van der Waals surface area contributed by atoms with E-state index in [4.69, 9.17) is 0 Å². The first-order valence-corrected chi connectivity index (χ1v) is 6.03. The number of halogens is 4. The van der Waals surface area contributed by atoms with Crippen molar-refractivity contribution in [1.82, 2.24) is 10.2 Å². The van der Waals surface area contributed by atoms with Crippen molar-refractivity contribution >= 4 is 5.91 Å². The van der Waals surface area contributed by atoms with E-state index in [9.17, 15) is 22.4 Å². The molecule has 18 heavy (non-hydrogen) atoms. The molecule has 1 N–H and O–H groups in total. The van der Waals surface area contributed by atoms with Crippen LogP contribution in [0.15, 0.2) is 0 Å². The zero-order valence-corrected chi connectivity index (χ0v) is 10.3. The number of alkyl halides is 4. The van der Waals surface area contributed by atoms with Gasteiger partial charge >= 0.3 is 12.3 Å². The molecule has 1 fully saturated rings. The average molecular weight is 270 g/mol. The van der Waals surface area contributed by atoms with Crippen LogP contribution in [0, 0.1) is 0 Å². The van der Waals surface area contributed by atoms with Gasteiger partial charge < -0.3 is 10.2 Å². The average Bonchev–Trinajstić information content (AvgIpc) is 2.29. The van der Waals surface area contributed by atoms with Crippen molar-refractivity contribution in [3.63, 3.8) is 0 Å². The SMILES string of the molecule is CC(CN1CCCCC1)NC(=O)C(F)(F)C(F)F. The normalized spacial score (nSPS) is 19.9. The molecule has 0 aromatic rings. The third-order valence-electron chi connectivity index (χ3n) is 2.94. The van der Waals surface area contributed by atoms with Gasteiger partial charge in [0, 0.05) is 12.6 Å². The highest BCUT2D eigenvalue weighted by Gasteiger charge is 2.49. The molecular formula is C11H18F4N2O. The van der Waals surface area contributed by atoms with E-state index in [2.05, 4.69) is 0 Å². The predicted octanol–water partition coefficient (Wildman–Crippen LogP) is 1.88. The first kappa shape index (κ1) is 15.2. The lowest BCUT2D eigenvalue weighted by atomic mass is 10.1. The number of nitrogens with zero attached hydrogens (tertiary/aromatic N) is 1. The van der Waals surface area contributed by atoms with Crippen molar-refractivity contribution in [3.05, 3.63) is 0 Å². The molecule has 1 rings (SSSR count). The molecule has 0 aliphatic carbocycles. The summed E-state index contributed by atoms with van der Waals surface area (Å²) in [5.41, 5.74) is 0. The number of amides is 1. The smallest absolute Gasteiger partial charge is 0.347 e. The van der Waals surface area contributed by atoms with Crippen LogP contribution in [0.3, 0.4) is 0 Å². The van der Waals surface area contributed by atoms with Gasteiger partial charge in [-0.15, -0.1) is 0 Å². The lowest BCUT2D eigenvalue weighted by molar-refractivity contribution is -0.170. The molecule has 0 saturated carbocycles. The van der Waals surface area contributed by atoms with E-state index in [1.54, 1.807) is 0 Å². The molecule has 0 aromatic heterocycles. The summed E-state index contributed by atoms with van der Waals surface area (Å²) in [6, 6.07) is -0.569. The molecule has 1 unspecified atom stereocenters. The second-order valence-electron chi connectivity index (χ2n) is 4.66. The summed E-state index contributed by atoms with van der Waals surface area (Å²) in [6.07, 6.45) is -0.762. The number of nitrogens with one attached hydrogen (secondary N) is 1. The third-order valence-corrected chi connectivity index (χ3v) is 2.94. The van der Waals surface area contributed by atoms with Gasteiger partial charge in [0.2, 0.25) is 0 Å². The Morgan fingerprint density at radius 1 is 1.28 bits per heavy atom. The number of hydrogen-bond acceptors (Lipinski definition) is 2. The van der Waals surface area contributed by atoms with Gasteiger partial charge in [0.25, 0.3) is 5.91 Å². The topological polar surface area (TPSA) is 32.3 Å². The quantitative estimate of drug-likeness (QED) is 0.774. The second kappa shape index (κ2) is 6.36. The summed E-state index contributed by atoms with van der Waals surface area (Å²) < 4.78 is 49.3. The van der Waals surface area contributed by atoms with E-state index >= 15 is 0 Å². The fourth-order valence-corrected chi connectivity index (χ4v) is 1.99. The molecule has 0 spiro atoms. The van der Waals surface area contributed by atoms with Gasteiger partial charge in [-0.3, -0.25) is 4.79 Å². The first-order valence-electron chi connectivity index (χ1n) is 6.03. The summed E-state index contributed by atoms with van der Waals surface area (Å²) >= 11 is 0. The number of rotatable bonds is 5. The summed E-state index contributed by atoms with van der Waals surface area (Å²) in [4.78, 5) is 13.0. The zero-order valence-electron chi connectivity index (χ0n) is 10.3. The van der Waals surface area contributed by atoms with Gasteiger partial charge in [-0.25, -0.2) is 8.78 Å². The van der Waals surface area contributed by atoms with Crippen LogP contribution >= 0.6 is 0 Å². The molecule has 1 aliphatic rings. The molecule has 7 heteroatoms. The molecule has 1 aliphatic heterocycles. The Labute approximate surface area is 104 Å². The van der Waals surface area contributed by atoms with Crippen LogP contribution in [0.5, 0.6) is 0 Å². The predicted molar refractivity (Wildman–Crippen MR) is 58.8 cm³/mol. The fourth-order valence-electron chi connectivity index (χ4n) is 1.99. The maximum Gasteiger partial charge on any atom is 0.383 e. The van der Waals surface area contributed by atoms with Crippen molar-refractivity contribution < 1.29 is 22.4 Å². The Morgan fingerprint density at radius 2 is 1.83 bits per heavy atom. The number of piperidine rings is 1. The van der Waals surface area contributed by atoms with E-state index < -0.39 is 24.3 Å².